The van der Waals surface area contributed by atoms with Crippen LogP contribution in [0.2, 0.25) is 0 Å². The zero-order valence-electron chi connectivity index (χ0n) is 17.0. The van der Waals surface area contributed by atoms with Crippen LogP contribution < -0.4 is 10.1 Å². The molecule has 0 aliphatic heterocycles. The van der Waals surface area contributed by atoms with Crippen LogP contribution in [0.5, 0.6) is 5.75 Å². The molecular formula is C20H30N2O7. The number of ether oxygens (including phenoxy) is 1. The second-order valence-electron chi connectivity index (χ2n) is 6.34. The van der Waals surface area contributed by atoms with Crippen LogP contribution in [0.15, 0.2) is 42.5 Å². The van der Waals surface area contributed by atoms with Crippen molar-refractivity contribution in [1.29, 1.82) is 0 Å². The number of hydrogen-bond donors (Lipinski definition) is 3. The molecule has 2 rings (SSSR count). The van der Waals surface area contributed by atoms with Crippen LogP contribution >= 0.6 is 0 Å². The van der Waals surface area contributed by atoms with Gasteiger partial charge < -0.3 is 25.1 Å². The lowest BCUT2D eigenvalue weighted by Crippen LogP contribution is -2.30. The molecule has 2 aromatic carbocycles. The van der Waals surface area contributed by atoms with Gasteiger partial charge in [0.1, 0.15) is 12.4 Å². The van der Waals surface area contributed by atoms with Gasteiger partial charge >= 0.3 is 0 Å². The molecule has 1 atom stereocenters. The lowest BCUT2D eigenvalue weighted by atomic mass is 10.1. The summed E-state index contributed by atoms with van der Waals surface area (Å²) in [6.07, 6.45) is 0. The number of carbonyl (C=O) groups is 1. The first-order chi connectivity index (χ1) is 13.8. The highest BCUT2D eigenvalue weighted by atomic mass is 17.0. The molecule has 0 fully saturated rings. The zero-order valence-corrected chi connectivity index (χ0v) is 17.0. The Balaban J connectivity index is 0.000000658. The van der Waals surface area contributed by atoms with E-state index >= 15 is 0 Å². The van der Waals surface area contributed by atoms with Crippen molar-refractivity contribution in [2.24, 2.45) is 5.92 Å². The summed E-state index contributed by atoms with van der Waals surface area (Å²) in [7, 11) is 0. The van der Waals surface area contributed by atoms with Crippen molar-refractivity contribution in [3.8, 4) is 5.75 Å². The molecule has 9 nitrogen and oxygen atoms in total. The van der Waals surface area contributed by atoms with Gasteiger partial charge in [-0.05, 0) is 11.5 Å². The molecular weight excluding hydrogens is 380 g/mol. The van der Waals surface area contributed by atoms with Gasteiger partial charge in [-0.2, -0.15) is 0 Å². The molecule has 0 saturated heterocycles. The molecule has 0 aliphatic rings. The number of nitrogens with zero attached hydrogens (tertiary/aromatic N) is 1. The number of carboxylic acid groups (broad SMARTS) is 1. The predicted molar refractivity (Wildman–Crippen MR) is 110 cm³/mol. The van der Waals surface area contributed by atoms with E-state index in [2.05, 4.69) is 67.3 Å². The molecule has 0 aliphatic carbocycles. The molecule has 0 radical (unpaired) electrons. The molecule has 162 valence electrons. The van der Waals surface area contributed by atoms with Crippen LogP contribution in [0.3, 0.4) is 0 Å². The first-order valence-electron chi connectivity index (χ1n) is 9.15. The molecule has 0 bridgehead atoms. The second-order valence-corrected chi connectivity index (χ2v) is 6.34. The molecule has 9 heteroatoms. The topological polar surface area (TPSA) is 131 Å². The van der Waals surface area contributed by atoms with Crippen LogP contribution in [0.1, 0.15) is 20.8 Å². The number of hydrogen-bond acceptors (Lipinski definition) is 7. The fourth-order valence-corrected chi connectivity index (χ4v) is 2.16. The summed E-state index contributed by atoms with van der Waals surface area (Å²) in [5.41, 5.74) is 0. The SMILES string of the molecule is CC(CNC(C)C)COc1cccc2ccccc12.O=CO.O=[N+]([O-])OCCO. The van der Waals surface area contributed by atoms with Crippen LogP contribution in [0.4, 0.5) is 0 Å². The van der Waals surface area contributed by atoms with Gasteiger partial charge in [-0.25, -0.2) is 0 Å². The standard InChI is InChI=1S/C17H23NO.C2H5NO4.CH2O2/c1-13(2)18-11-14(3)12-19-17-10-6-8-15-7-4-5-9-16(15)17;4-1-2-7-3(5)6;2-1-3/h4-10,13-14,18H,11-12H2,1-3H3;4H,1-2H2;1H,(H,2,3). The normalized spacial score (nSPS) is 10.8. The quantitative estimate of drug-likeness (QED) is 0.327. The van der Waals surface area contributed by atoms with Gasteiger partial charge in [0.15, 0.2) is 0 Å². The van der Waals surface area contributed by atoms with Gasteiger partial charge in [0, 0.05) is 23.9 Å². The summed E-state index contributed by atoms with van der Waals surface area (Å²) < 4.78 is 5.97. The maximum Gasteiger partial charge on any atom is 0.294 e. The van der Waals surface area contributed by atoms with E-state index in [-0.39, 0.29) is 19.7 Å². The lowest BCUT2D eigenvalue weighted by molar-refractivity contribution is -0.758. The summed E-state index contributed by atoms with van der Waals surface area (Å²) in [5, 5.41) is 28.9. The maximum atomic E-state index is 9.23. The van der Waals surface area contributed by atoms with Crippen molar-refractivity contribution in [3.05, 3.63) is 52.6 Å². The van der Waals surface area contributed by atoms with E-state index in [1.165, 1.54) is 10.8 Å². The second kappa shape index (κ2) is 16.1. The number of rotatable bonds is 9. The van der Waals surface area contributed by atoms with Crippen molar-refractivity contribution in [2.45, 2.75) is 26.8 Å². The van der Waals surface area contributed by atoms with Crippen LogP contribution in [0.25, 0.3) is 10.8 Å². The van der Waals surface area contributed by atoms with E-state index in [1.807, 2.05) is 6.07 Å². The van der Waals surface area contributed by atoms with Crippen LogP contribution in [0, 0.1) is 16.0 Å². The summed E-state index contributed by atoms with van der Waals surface area (Å²) in [6.45, 7) is 7.46. The Kier molecular flexibility index (Phi) is 14.5. The highest BCUT2D eigenvalue weighted by Crippen LogP contribution is 2.25. The third kappa shape index (κ3) is 13.0. The Bertz CT molecular complexity index is 705. The summed E-state index contributed by atoms with van der Waals surface area (Å²) in [4.78, 5) is 21.3. The average Bonchev–Trinajstić information content (AvgIpc) is 2.70. The van der Waals surface area contributed by atoms with Crippen molar-refractivity contribution < 1.29 is 29.7 Å². The molecule has 2 aromatic rings. The van der Waals surface area contributed by atoms with Crippen molar-refractivity contribution in [1.82, 2.24) is 5.32 Å². The summed E-state index contributed by atoms with van der Waals surface area (Å²) in [6, 6.07) is 15.1. The van der Waals surface area contributed by atoms with E-state index in [0.717, 1.165) is 18.9 Å². The third-order valence-electron chi connectivity index (χ3n) is 3.44. The third-order valence-corrected chi connectivity index (χ3v) is 3.44. The van der Waals surface area contributed by atoms with Gasteiger partial charge in [-0.3, -0.25) is 4.79 Å². The molecule has 0 spiro atoms. The first-order valence-corrected chi connectivity index (χ1v) is 9.15. The number of aliphatic hydroxyl groups excluding tert-OH is 1. The van der Waals surface area contributed by atoms with E-state index in [9.17, 15) is 10.1 Å². The minimum absolute atomic E-state index is 0.243. The van der Waals surface area contributed by atoms with Crippen molar-refractivity contribution in [2.75, 3.05) is 26.4 Å². The number of aliphatic hydroxyl groups is 1. The number of nitrogens with one attached hydrogen (secondary N) is 1. The van der Waals surface area contributed by atoms with Crippen LogP contribution in [-0.2, 0) is 9.63 Å². The van der Waals surface area contributed by atoms with Gasteiger partial charge in [-0.15, -0.1) is 10.1 Å². The molecule has 29 heavy (non-hydrogen) atoms. The van der Waals surface area contributed by atoms with Gasteiger partial charge in [0.25, 0.3) is 11.6 Å². The average molecular weight is 410 g/mol. The maximum absolute atomic E-state index is 9.23. The van der Waals surface area contributed by atoms with Gasteiger partial charge in [0.2, 0.25) is 0 Å². The minimum atomic E-state index is -0.948. The largest absolute Gasteiger partial charge is 0.493 e. The molecule has 0 amide bonds. The Labute approximate surface area is 170 Å². The summed E-state index contributed by atoms with van der Waals surface area (Å²) >= 11 is 0. The van der Waals surface area contributed by atoms with E-state index in [0.29, 0.717) is 12.0 Å². The van der Waals surface area contributed by atoms with E-state index in [4.69, 9.17) is 19.7 Å². The highest BCUT2D eigenvalue weighted by molar-refractivity contribution is 5.88. The first kappa shape index (κ1) is 26.1. The van der Waals surface area contributed by atoms with E-state index < -0.39 is 5.09 Å². The van der Waals surface area contributed by atoms with E-state index in [1.54, 1.807) is 0 Å². The Morgan fingerprint density at radius 1 is 1.17 bits per heavy atom. The Morgan fingerprint density at radius 3 is 2.34 bits per heavy atom. The molecule has 1 unspecified atom stereocenters. The Hall–Kier alpha value is -2.91. The van der Waals surface area contributed by atoms with Gasteiger partial charge in [-0.1, -0.05) is 57.2 Å². The zero-order chi connectivity index (χ0) is 22.1. The molecule has 0 saturated carbocycles. The van der Waals surface area contributed by atoms with Crippen molar-refractivity contribution >= 4 is 17.2 Å². The molecule has 0 heterocycles. The van der Waals surface area contributed by atoms with Crippen molar-refractivity contribution in [3.63, 3.8) is 0 Å². The molecule has 0 aromatic heterocycles. The lowest BCUT2D eigenvalue weighted by Gasteiger charge is -2.16. The number of benzene rings is 2. The van der Waals surface area contributed by atoms with Crippen LogP contribution in [-0.4, -0.2) is 54.2 Å². The minimum Gasteiger partial charge on any atom is -0.493 e. The smallest absolute Gasteiger partial charge is 0.294 e. The fraction of sp³-hybridized carbons (Fsp3) is 0.450. The number of fused-ring (bicyclic) bond motifs is 1. The Morgan fingerprint density at radius 2 is 1.79 bits per heavy atom. The summed E-state index contributed by atoms with van der Waals surface area (Å²) in [5.74, 6) is 1.48. The van der Waals surface area contributed by atoms with Gasteiger partial charge in [0.05, 0.1) is 13.2 Å². The fourth-order valence-electron chi connectivity index (χ4n) is 2.16. The predicted octanol–water partition coefficient (Wildman–Crippen LogP) is 2.74. The monoisotopic (exact) mass is 410 g/mol. The molecule has 3 N–H and O–H groups in total. The highest BCUT2D eigenvalue weighted by Gasteiger charge is 2.06.